The van der Waals surface area contributed by atoms with Crippen LogP contribution in [0.15, 0.2) is 46.5 Å². The van der Waals surface area contributed by atoms with Crippen LogP contribution in [0, 0.1) is 0 Å². The van der Waals surface area contributed by atoms with Gasteiger partial charge < -0.3 is 14.0 Å². The molecule has 0 aliphatic carbocycles. The Hall–Kier alpha value is -1.78. The van der Waals surface area contributed by atoms with Gasteiger partial charge in [0.15, 0.2) is 5.16 Å². The van der Waals surface area contributed by atoms with Gasteiger partial charge in [-0.15, -0.1) is 0 Å². The molecule has 0 radical (unpaired) electrons. The molecule has 1 saturated heterocycles. The normalized spacial score (nSPS) is 15.5. The van der Waals surface area contributed by atoms with Crippen molar-refractivity contribution in [1.29, 1.82) is 0 Å². The first-order chi connectivity index (χ1) is 14.9. The summed E-state index contributed by atoms with van der Waals surface area (Å²) in [5.41, 5.74) is 2.55. The van der Waals surface area contributed by atoms with Crippen LogP contribution >= 0.6 is 23.4 Å². The summed E-state index contributed by atoms with van der Waals surface area (Å²) < 4.78 is 40.3. The van der Waals surface area contributed by atoms with Gasteiger partial charge in [0.25, 0.3) is 0 Å². The molecule has 1 aliphatic heterocycles. The van der Waals surface area contributed by atoms with E-state index in [1.54, 1.807) is 37.1 Å². The predicted molar refractivity (Wildman–Crippen MR) is 123 cm³/mol. The summed E-state index contributed by atoms with van der Waals surface area (Å²) in [7, 11) is -1.93. The van der Waals surface area contributed by atoms with Gasteiger partial charge >= 0.3 is 0 Å². The maximum Gasteiger partial charge on any atom is 0.243 e. The molecule has 2 heterocycles. The van der Waals surface area contributed by atoms with Crippen LogP contribution in [0.2, 0.25) is 5.02 Å². The summed E-state index contributed by atoms with van der Waals surface area (Å²) >= 11 is 7.72. The number of methoxy groups -OCH3 is 1. The van der Waals surface area contributed by atoms with Gasteiger partial charge in [-0.2, -0.15) is 4.31 Å². The molecule has 0 atom stereocenters. The Kier molecular flexibility index (Phi) is 6.78. The van der Waals surface area contributed by atoms with E-state index in [-0.39, 0.29) is 4.90 Å². The number of imidazole rings is 1. The number of benzene rings is 2. The molecule has 1 fully saturated rings. The number of aryl methyl sites for hydroxylation is 1. The first-order valence-corrected chi connectivity index (χ1v) is 12.8. The van der Waals surface area contributed by atoms with Crippen molar-refractivity contribution in [2.75, 3.05) is 33.4 Å². The van der Waals surface area contributed by atoms with E-state index < -0.39 is 10.0 Å². The third kappa shape index (κ3) is 4.56. The van der Waals surface area contributed by atoms with E-state index in [0.29, 0.717) is 42.6 Å². The second-order valence-electron chi connectivity index (χ2n) is 7.05. The molecule has 166 valence electrons. The molecule has 1 aromatic heterocycles. The standard InChI is InChI=1S/C21H24ClN3O4S2/c1-3-25-19-6-5-17(31(26,27)24-8-10-29-11-9-24)13-18(19)23-21(25)30-14-15-12-16(22)4-7-20(15)28-2/h4-7,12-13H,3,8-11,14H2,1-2H3. The van der Waals surface area contributed by atoms with Gasteiger partial charge in [0.05, 0.1) is 36.3 Å². The zero-order chi connectivity index (χ0) is 22.0. The number of fused-ring (bicyclic) bond motifs is 1. The van der Waals surface area contributed by atoms with Gasteiger partial charge in [0.2, 0.25) is 10.0 Å². The fourth-order valence-corrected chi connectivity index (χ4v) is 6.28. The SMILES string of the molecule is CCn1c(SCc2cc(Cl)ccc2OC)nc2cc(S(=O)(=O)N3CCOCC3)ccc21. The molecular formula is C21H24ClN3O4S2. The molecule has 0 saturated carbocycles. The number of nitrogens with zero attached hydrogens (tertiary/aromatic N) is 3. The molecule has 31 heavy (non-hydrogen) atoms. The van der Waals surface area contributed by atoms with Crippen LogP contribution in [0.3, 0.4) is 0 Å². The van der Waals surface area contributed by atoms with Crippen molar-refractivity contribution >= 4 is 44.4 Å². The van der Waals surface area contributed by atoms with Crippen molar-refractivity contribution in [2.45, 2.75) is 29.3 Å². The molecule has 7 nitrogen and oxygen atoms in total. The molecule has 0 amide bonds. The molecule has 0 bridgehead atoms. The highest BCUT2D eigenvalue weighted by atomic mass is 35.5. The van der Waals surface area contributed by atoms with Crippen LogP contribution in [0.1, 0.15) is 12.5 Å². The summed E-state index contributed by atoms with van der Waals surface area (Å²) in [6.45, 7) is 4.34. The zero-order valence-electron chi connectivity index (χ0n) is 17.4. The number of aromatic nitrogens is 2. The van der Waals surface area contributed by atoms with Crippen LogP contribution < -0.4 is 4.74 Å². The summed E-state index contributed by atoms with van der Waals surface area (Å²) in [5, 5.41) is 1.47. The van der Waals surface area contributed by atoms with Gasteiger partial charge in [-0.1, -0.05) is 23.4 Å². The van der Waals surface area contributed by atoms with E-state index in [4.69, 9.17) is 26.1 Å². The van der Waals surface area contributed by atoms with Gasteiger partial charge in [-0.05, 0) is 43.3 Å². The number of hydrogen-bond acceptors (Lipinski definition) is 6. The number of halogens is 1. The number of morpholine rings is 1. The molecule has 4 rings (SSSR count). The fourth-order valence-electron chi connectivity index (χ4n) is 3.60. The van der Waals surface area contributed by atoms with Gasteiger partial charge in [0.1, 0.15) is 5.75 Å². The Balaban J connectivity index is 1.64. The third-order valence-electron chi connectivity index (χ3n) is 5.21. The summed E-state index contributed by atoms with van der Waals surface area (Å²) in [4.78, 5) is 5.00. The maximum atomic E-state index is 13.0. The average Bonchev–Trinajstić information content (AvgIpc) is 3.15. The van der Waals surface area contributed by atoms with Crippen LogP contribution in [-0.4, -0.2) is 55.7 Å². The Labute approximate surface area is 191 Å². The Morgan fingerprint density at radius 2 is 1.97 bits per heavy atom. The molecule has 0 spiro atoms. The zero-order valence-corrected chi connectivity index (χ0v) is 19.8. The lowest BCUT2D eigenvalue weighted by molar-refractivity contribution is 0.0730. The molecule has 0 unspecified atom stereocenters. The molecule has 2 aromatic carbocycles. The number of hydrogen-bond donors (Lipinski definition) is 0. The minimum Gasteiger partial charge on any atom is -0.496 e. The van der Waals surface area contributed by atoms with E-state index in [1.807, 2.05) is 25.1 Å². The highest BCUT2D eigenvalue weighted by Gasteiger charge is 2.27. The van der Waals surface area contributed by atoms with E-state index >= 15 is 0 Å². The topological polar surface area (TPSA) is 73.7 Å². The first-order valence-electron chi connectivity index (χ1n) is 9.97. The molecule has 3 aromatic rings. The minimum absolute atomic E-state index is 0.260. The summed E-state index contributed by atoms with van der Waals surface area (Å²) in [6, 6.07) is 10.7. The van der Waals surface area contributed by atoms with Crippen molar-refractivity contribution in [3.05, 3.63) is 47.0 Å². The molecule has 0 N–H and O–H groups in total. The predicted octanol–water partition coefficient (Wildman–Crippen LogP) is 4.03. The summed E-state index contributed by atoms with van der Waals surface area (Å²) in [6.07, 6.45) is 0. The second-order valence-corrected chi connectivity index (χ2v) is 10.4. The average molecular weight is 482 g/mol. The van der Waals surface area contributed by atoms with Crippen molar-refractivity contribution in [1.82, 2.24) is 13.9 Å². The molecule has 1 aliphatic rings. The highest BCUT2D eigenvalue weighted by Crippen LogP contribution is 2.32. The van der Waals surface area contributed by atoms with Gasteiger partial charge in [-0.25, -0.2) is 13.4 Å². The third-order valence-corrected chi connectivity index (χ3v) is 8.36. The Morgan fingerprint density at radius 3 is 2.68 bits per heavy atom. The van der Waals surface area contributed by atoms with Crippen LogP contribution in [-0.2, 0) is 27.1 Å². The Bertz CT molecular complexity index is 1190. The van der Waals surface area contributed by atoms with Crippen molar-refractivity contribution < 1.29 is 17.9 Å². The number of rotatable bonds is 7. The van der Waals surface area contributed by atoms with E-state index in [0.717, 1.165) is 28.5 Å². The van der Waals surface area contributed by atoms with E-state index in [2.05, 4.69) is 4.57 Å². The second kappa shape index (κ2) is 9.38. The van der Waals surface area contributed by atoms with Crippen LogP contribution in [0.4, 0.5) is 0 Å². The number of sulfonamides is 1. The minimum atomic E-state index is -3.57. The highest BCUT2D eigenvalue weighted by molar-refractivity contribution is 7.98. The molecular weight excluding hydrogens is 458 g/mol. The largest absolute Gasteiger partial charge is 0.496 e. The number of thioether (sulfide) groups is 1. The lowest BCUT2D eigenvalue weighted by atomic mass is 10.2. The van der Waals surface area contributed by atoms with Gasteiger partial charge in [0, 0.05) is 36.0 Å². The lowest BCUT2D eigenvalue weighted by Crippen LogP contribution is -2.40. The quantitative estimate of drug-likeness (QED) is 0.474. The van der Waals surface area contributed by atoms with Crippen LogP contribution in [0.25, 0.3) is 11.0 Å². The van der Waals surface area contributed by atoms with Crippen molar-refractivity contribution in [3.8, 4) is 5.75 Å². The Morgan fingerprint density at radius 1 is 1.19 bits per heavy atom. The first kappa shape index (κ1) is 22.4. The smallest absolute Gasteiger partial charge is 0.243 e. The maximum absolute atomic E-state index is 13.0. The molecule has 10 heteroatoms. The fraction of sp³-hybridized carbons (Fsp3) is 0.381. The van der Waals surface area contributed by atoms with Gasteiger partial charge in [-0.3, -0.25) is 0 Å². The monoisotopic (exact) mass is 481 g/mol. The van der Waals surface area contributed by atoms with E-state index in [9.17, 15) is 8.42 Å². The van der Waals surface area contributed by atoms with E-state index in [1.165, 1.54) is 4.31 Å². The number of ether oxygens (including phenoxy) is 2. The van der Waals surface area contributed by atoms with Crippen LogP contribution in [0.5, 0.6) is 5.75 Å². The van der Waals surface area contributed by atoms with Crippen molar-refractivity contribution in [3.63, 3.8) is 0 Å². The lowest BCUT2D eigenvalue weighted by Gasteiger charge is -2.26. The summed E-state index contributed by atoms with van der Waals surface area (Å²) in [5.74, 6) is 1.40. The van der Waals surface area contributed by atoms with Crippen molar-refractivity contribution in [2.24, 2.45) is 0 Å².